The predicted octanol–water partition coefficient (Wildman–Crippen LogP) is 1.83. The zero-order valence-electron chi connectivity index (χ0n) is 16.7. The van der Waals surface area contributed by atoms with E-state index in [0.717, 1.165) is 39.0 Å². The summed E-state index contributed by atoms with van der Waals surface area (Å²) in [6.07, 6.45) is 4.07. The quantitative estimate of drug-likeness (QED) is 0.714. The van der Waals surface area contributed by atoms with E-state index in [1.807, 2.05) is 26.4 Å². The number of amides is 2. The largest absolute Gasteiger partial charge is 0.348 e. The van der Waals surface area contributed by atoms with Crippen LogP contribution >= 0.6 is 11.8 Å². The highest BCUT2D eigenvalue weighted by atomic mass is 32.2. The second kappa shape index (κ2) is 8.65. The van der Waals surface area contributed by atoms with Crippen molar-refractivity contribution in [2.24, 2.45) is 11.3 Å². The minimum atomic E-state index is 0.108. The van der Waals surface area contributed by atoms with Crippen molar-refractivity contribution >= 4 is 23.6 Å². The molecular formula is C21H31N3O2S. The molecule has 0 spiro atoms. The Morgan fingerprint density at radius 2 is 1.93 bits per heavy atom. The van der Waals surface area contributed by atoms with Crippen LogP contribution in [-0.4, -0.2) is 85.3 Å². The molecule has 148 valence electrons. The number of likely N-dealkylation sites (N-methyl/N-ethyl adjacent to an activating group) is 1. The summed E-state index contributed by atoms with van der Waals surface area (Å²) >= 11 is 1.59. The first kappa shape index (κ1) is 20.2. The minimum absolute atomic E-state index is 0.108. The van der Waals surface area contributed by atoms with Gasteiger partial charge in [0, 0.05) is 45.7 Å². The number of carbonyl (C=O) groups is 2. The smallest absolute Gasteiger partial charge is 0.236 e. The number of aryl methyl sites for hydroxylation is 1. The summed E-state index contributed by atoms with van der Waals surface area (Å²) in [4.78, 5) is 30.7. The Hall–Kier alpha value is -1.53. The van der Waals surface area contributed by atoms with Crippen molar-refractivity contribution in [3.8, 4) is 0 Å². The summed E-state index contributed by atoms with van der Waals surface area (Å²) in [6.45, 7) is 3.97. The van der Waals surface area contributed by atoms with E-state index < -0.39 is 0 Å². The van der Waals surface area contributed by atoms with Gasteiger partial charge >= 0.3 is 0 Å². The third-order valence-corrected chi connectivity index (χ3v) is 6.60. The maximum absolute atomic E-state index is 12.5. The number of likely N-dealkylation sites (tertiary alicyclic amines) is 2. The van der Waals surface area contributed by atoms with E-state index in [0.29, 0.717) is 18.2 Å². The highest BCUT2D eigenvalue weighted by Crippen LogP contribution is 2.45. The number of fused-ring (bicyclic) bond motifs is 1. The summed E-state index contributed by atoms with van der Waals surface area (Å²) in [5.41, 5.74) is 1.46. The van der Waals surface area contributed by atoms with Crippen LogP contribution < -0.4 is 0 Å². The molecule has 2 amide bonds. The molecule has 2 atom stereocenters. The summed E-state index contributed by atoms with van der Waals surface area (Å²) in [5.74, 6) is 1.43. The maximum atomic E-state index is 12.5. The Kier molecular flexibility index (Phi) is 6.48. The number of thioether (sulfide) groups is 1. The molecule has 0 saturated carbocycles. The number of nitrogens with zero attached hydrogens (tertiary/aromatic N) is 3. The number of hydrogen-bond acceptors (Lipinski definition) is 4. The van der Waals surface area contributed by atoms with Gasteiger partial charge in [-0.1, -0.05) is 30.3 Å². The molecule has 5 nitrogen and oxygen atoms in total. The Bertz CT molecular complexity index is 667. The van der Waals surface area contributed by atoms with Crippen LogP contribution in [0.25, 0.3) is 0 Å². The lowest BCUT2D eigenvalue weighted by Crippen LogP contribution is -2.41. The first-order valence-electron chi connectivity index (χ1n) is 9.67. The van der Waals surface area contributed by atoms with E-state index in [1.54, 1.807) is 16.7 Å². The average Bonchev–Trinajstić information content (AvgIpc) is 3.15. The van der Waals surface area contributed by atoms with E-state index in [2.05, 4.69) is 34.1 Å². The zero-order valence-corrected chi connectivity index (χ0v) is 17.5. The lowest BCUT2D eigenvalue weighted by molar-refractivity contribution is -0.130. The van der Waals surface area contributed by atoms with Crippen LogP contribution in [0.3, 0.4) is 0 Å². The van der Waals surface area contributed by atoms with Gasteiger partial charge in [-0.3, -0.25) is 14.5 Å². The normalized spacial score (nSPS) is 24.9. The highest BCUT2D eigenvalue weighted by Gasteiger charge is 2.52. The maximum Gasteiger partial charge on any atom is 0.236 e. The first-order chi connectivity index (χ1) is 12.9. The second-order valence-electron chi connectivity index (χ2n) is 8.21. The monoisotopic (exact) mass is 389 g/mol. The van der Waals surface area contributed by atoms with Crippen LogP contribution in [-0.2, 0) is 16.0 Å². The topological polar surface area (TPSA) is 43.9 Å². The van der Waals surface area contributed by atoms with Gasteiger partial charge < -0.3 is 9.80 Å². The van der Waals surface area contributed by atoms with Crippen molar-refractivity contribution in [3.63, 3.8) is 0 Å². The molecule has 0 radical (unpaired) electrons. The van der Waals surface area contributed by atoms with Crippen LogP contribution in [0.2, 0.25) is 0 Å². The molecule has 2 heterocycles. The molecule has 0 N–H and O–H groups in total. The van der Waals surface area contributed by atoms with Gasteiger partial charge in [-0.2, -0.15) is 11.8 Å². The van der Waals surface area contributed by atoms with Gasteiger partial charge in [0.25, 0.3) is 0 Å². The molecular weight excluding hydrogens is 358 g/mol. The number of rotatable bonds is 7. The van der Waals surface area contributed by atoms with E-state index in [1.165, 1.54) is 5.56 Å². The van der Waals surface area contributed by atoms with Crippen molar-refractivity contribution < 1.29 is 9.59 Å². The lowest BCUT2D eigenvalue weighted by atomic mass is 9.76. The number of benzene rings is 1. The third-order valence-electron chi connectivity index (χ3n) is 6.06. The number of carbonyl (C=O) groups excluding carboxylic acids is 2. The highest BCUT2D eigenvalue weighted by molar-refractivity contribution is 7.99. The molecule has 2 fully saturated rings. The molecule has 0 aromatic heterocycles. The fourth-order valence-corrected chi connectivity index (χ4v) is 4.97. The summed E-state index contributed by atoms with van der Waals surface area (Å²) in [5, 5.41) is 0. The van der Waals surface area contributed by atoms with Crippen LogP contribution in [0, 0.1) is 11.3 Å². The standard InChI is InChI=1S/C21H31N3O2S/c1-22(2)19(25)13-23-11-18-12-24(20(26)14-27-3)16-21(18,15-23)10-9-17-7-5-4-6-8-17/h4-8,18H,9-16H2,1-3H3. The summed E-state index contributed by atoms with van der Waals surface area (Å²) in [7, 11) is 3.63. The second-order valence-corrected chi connectivity index (χ2v) is 9.08. The fourth-order valence-electron chi connectivity index (χ4n) is 4.54. The third kappa shape index (κ3) is 4.66. The first-order valence-corrected chi connectivity index (χ1v) is 11.1. The van der Waals surface area contributed by atoms with E-state index in [4.69, 9.17) is 0 Å². The SMILES string of the molecule is CSCC(=O)N1CC2CN(CC(=O)N(C)C)CC2(CCc2ccccc2)C1. The summed E-state index contributed by atoms with van der Waals surface area (Å²) in [6, 6.07) is 10.6. The number of hydrogen-bond donors (Lipinski definition) is 0. The fraction of sp³-hybridized carbons (Fsp3) is 0.619. The summed E-state index contributed by atoms with van der Waals surface area (Å²) < 4.78 is 0. The van der Waals surface area contributed by atoms with Crippen LogP contribution in [0.4, 0.5) is 0 Å². The van der Waals surface area contributed by atoms with E-state index in [-0.39, 0.29) is 17.2 Å². The van der Waals surface area contributed by atoms with Crippen molar-refractivity contribution in [1.82, 2.24) is 14.7 Å². The molecule has 1 aromatic carbocycles. The molecule has 2 aliphatic rings. The Morgan fingerprint density at radius 1 is 1.19 bits per heavy atom. The average molecular weight is 390 g/mol. The van der Waals surface area contributed by atoms with Gasteiger partial charge in [0.1, 0.15) is 0 Å². The molecule has 1 aromatic rings. The van der Waals surface area contributed by atoms with Gasteiger partial charge in [0.05, 0.1) is 12.3 Å². The van der Waals surface area contributed by atoms with Gasteiger partial charge in [0.2, 0.25) is 11.8 Å². The molecule has 2 unspecified atom stereocenters. The van der Waals surface area contributed by atoms with Gasteiger partial charge in [0.15, 0.2) is 0 Å². The van der Waals surface area contributed by atoms with Crippen LogP contribution in [0.1, 0.15) is 12.0 Å². The Labute approximate surface area is 167 Å². The Morgan fingerprint density at radius 3 is 2.59 bits per heavy atom. The van der Waals surface area contributed by atoms with E-state index in [9.17, 15) is 9.59 Å². The molecule has 6 heteroatoms. The molecule has 27 heavy (non-hydrogen) atoms. The Balaban J connectivity index is 1.71. The van der Waals surface area contributed by atoms with Crippen molar-refractivity contribution in [2.75, 3.05) is 58.8 Å². The van der Waals surface area contributed by atoms with Crippen LogP contribution in [0.5, 0.6) is 0 Å². The van der Waals surface area contributed by atoms with Gasteiger partial charge in [-0.05, 0) is 30.6 Å². The molecule has 3 rings (SSSR count). The van der Waals surface area contributed by atoms with Crippen molar-refractivity contribution in [1.29, 1.82) is 0 Å². The lowest BCUT2D eigenvalue weighted by Gasteiger charge is -2.30. The van der Waals surface area contributed by atoms with Crippen molar-refractivity contribution in [2.45, 2.75) is 12.8 Å². The molecule has 2 aliphatic heterocycles. The van der Waals surface area contributed by atoms with Crippen LogP contribution in [0.15, 0.2) is 30.3 Å². The zero-order chi connectivity index (χ0) is 19.4. The van der Waals surface area contributed by atoms with E-state index >= 15 is 0 Å². The van der Waals surface area contributed by atoms with Gasteiger partial charge in [-0.25, -0.2) is 0 Å². The van der Waals surface area contributed by atoms with Gasteiger partial charge in [-0.15, -0.1) is 0 Å². The molecule has 0 bridgehead atoms. The minimum Gasteiger partial charge on any atom is -0.348 e. The molecule has 0 aliphatic carbocycles. The van der Waals surface area contributed by atoms with Crippen molar-refractivity contribution in [3.05, 3.63) is 35.9 Å². The molecule has 2 saturated heterocycles. The predicted molar refractivity (Wildman–Crippen MR) is 111 cm³/mol.